The van der Waals surface area contributed by atoms with E-state index in [0.717, 1.165) is 19.3 Å². The molecular formula is C24H34N4O3. The Labute approximate surface area is 184 Å². The molecule has 1 aliphatic carbocycles. The monoisotopic (exact) mass is 426 g/mol. The van der Waals surface area contributed by atoms with E-state index in [4.69, 9.17) is 0 Å². The lowest BCUT2D eigenvalue weighted by atomic mass is 9.90. The molecule has 2 N–H and O–H groups in total. The van der Waals surface area contributed by atoms with Crippen LogP contribution in [0.25, 0.3) is 0 Å². The van der Waals surface area contributed by atoms with E-state index in [1.807, 2.05) is 30.0 Å². The summed E-state index contributed by atoms with van der Waals surface area (Å²) in [4.78, 5) is 41.2. The molecule has 5 amide bonds. The van der Waals surface area contributed by atoms with E-state index in [1.54, 1.807) is 0 Å². The second kappa shape index (κ2) is 8.52. The van der Waals surface area contributed by atoms with Gasteiger partial charge in [0.15, 0.2) is 0 Å². The molecule has 2 aliphatic heterocycles. The van der Waals surface area contributed by atoms with Gasteiger partial charge < -0.3 is 15.5 Å². The maximum absolute atomic E-state index is 12.9. The average molecular weight is 427 g/mol. The second-order valence-electron chi connectivity index (χ2n) is 10.0. The topological polar surface area (TPSA) is 81.8 Å². The number of rotatable bonds is 6. The number of likely N-dealkylation sites (tertiary alicyclic amines) is 1. The number of amides is 5. The standard InChI is InChI=1S/C24H34N4O3/c1-16(2)14-24(3)21(29)28(23(31)26-24)15-17-9-11-27(12-10-17)22(30)25-20-13-19(20)18-7-5-4-6-8-18/h4-8,16-17,19-20H,9-15H2,1-3H3,(H,25,30)(H,26,31)/t19-,20+,24?/m0/s1. The number of urea groups is 2. The van der Waals surface area contributed by atoms with Gasteiger partial charge in [0.25, 0.3) is 5.91 Å². The van der Waals surface area contributed by atoms with Gasteiger partial charge >= 0.3 is 12.1 Å². The van der Waals surface area contributed by atoms with E-state index < -0.39 is 5.54 Å². The first kappa shape index (κ1) is 21.7. The van der Waals surface area contributed by atoms with Crippen LogP contribution >= 0.6 is 0 Å². The lowest BCUT2D eigenvalue weighted by Crippen LogP contribution is -2.48. The fourth-order valence-corrected chi connectivity index (χ4v) is 5.12. The lowest BCUT2D eigenvalue weighted by molar-refractivity contribution is -0.131. The van der Waals surface area contributed by atoms with E-state index in [0.29, 0.717) is 37.9 Å². The number of hydrogen-bond acceptors (Lipinski definition) is 3. The van der Waals surface area contributed by atoms with Crippen molar-refractivity contribution < 1.29 is 14.4 Å². The Morgan fingerprint density at radius 3 is 2.52 bits per heavy atom. The quantitative estimate of drug-likeness (QED) is 0.685. The van der Waals surface area contributed by atoms with Crippen LogP contribution in [-0.2, 0) is 4.79 Å². The molecule has 3 atom stereocenters. The summed E-state index contributed by atoms with van der Waals surface area (Å²) in [6, 6.07) is 10.2. The van der Waals surface area contributed by atoms with Crippen LogP contribution in [-0.4, -0.2) is 59.0 Å². The molecule has 0 spiro atoms. The zero-order chi connectivity index (χ0) is 22.2. The molecule has 2 saturated heterocycles. The summed E-state index contributed by atoms with van der Waals surface area (Å²) in [6.45, 7) is 7.68. The molecule has 7 nitrogen and oxygen atoms in total. The fourth-order valence-electron chi connectivity index (χ4n) is 5.12. The van der Waals surface area contributed by atoms with Gasteiger partial charge in [0.2, 0.25) is 0 Å². The second-order valence-corrected chi connectivity index (χ2v) is 10.0. The third-order valence-corrected chi connectivity index (χ3v) is 6.83. The lowest BCUT2D eigenvalue weighted by Gasteiger charge is -2.33. The number of carbonyl (C=O) groups is 3. The van der Waals surface area contributed by atoms with Gasteiger partial charge in [0.05, 0.1) is 0 Å². The minimum absolute atomic E-state index is 0.00128. The molecule has 4 rings (SSSR count). The van der Waals surface area contributed by atoms with Gasteiger partial charge in [0.1, 0.15) is 5.54 Å². The molecule has 3 aliphatic rings. The summed E-state index contributed by atoms with van der Waals surface area (Å²) >= 11 is 0. The minimum Gasteiger partial charge on any atom is -0.335 e. The molecule has 1 unspecified atom stereocenters. The van der Waals surface area contributed by atoms with Gasteiger partial charge in [-0.15, -0.1) is 0 Å². The number of hydrogen-bond donors (Lipinski definition) is 2. The van der Waals surface area contributed by atoms with E-state index in [9.17, 15) is 14.4 Å². The van der Waals surface area contributed by atoms with E-state index in [2.05, 4.69) is 36.6 Å². The number of nitrogens with one attached hydrogen (secondary N) is 2. The Balaban J connectivity index is 1.23. The molecule has 31 heavy (non-hydrogen) atoms. The van der Waals surface area contributed by atoms with Crippen molar-refractivity contribution in [1.29, 1.82) is 0 Å². The van der Waals surface area contributed by atoms with E-state index >= 15 is 0 Å². The summed E-state index contributed by atoms with van der Waals surface area (Å²) in [6.07, 6.45) is 3.24. The predicted octanol–water partition coefficient (Wildman–Crippen LogP) is 3.32. The SMILES string of the molecule is CC(C)CC1(C)NC(=O)N(CC2CCN(C(=O)N[C@@H]3C[C@H]3c3ccccc3)CC2)C1=O. The molecule has 7 heteroatoms. The van der Waals surface area contributed by atoms with Crippen LogP contribution in [0.4, 0.5) is 9.59 Å². The molecule has 1 aromatic rings. The van der Waals surface area contributed by atoms with Crippen LogP contribution in [0.15, 0.2) is 30.3 Å². The summed E-state index contributed by atoms with van der Waals surface area (Å²) in [7, 11) is 0. The van der Waals surface area contributed by atoms with Crippen molar-refractivity contribution in [2.45, 2.75) is 64.0 Å². The first-order valence-electron chi connectivity index (χ1n) is 11.5. The number of piperidine rings is 1. The molecule has 0 radical (unpaired) electrons. The van der Waals surface area contributed by atoms with Gasteiger partial charge in [0, 0.05) is 31.6 Å². The highest BCUT2D eigenvalue weighted by atomic mass is 16.2. The summed E-state index contributed by atoms with van der Waals surface area (Å²) in [5.41, 5.74) is 0.482. The van der Waals surface area contributed by atoms with Crippen molar-refractivity contribution in [3.8, 4) is 0 Å². The van der Waals surface area contributed by atoms with Crippen LogP contribution in [0, 0.1) is 11.8 Å². The van der Waals surface area contributed by atoms with Crippen molar-refractivity contribution in [3.63, 3.8) is 0 Å². The number of nitrogens with zero attached hydrogens (tertiary/aromatic N) is 2. The Morgan fingerprint density at radius 2 is 1.87 bits per heavy atom. The molecule has 168 valence electrons. The van der Waals surface area contributed by atoms with E-state index in [-0.39, 0.29) is 29.9 Å². The van der Waals surface area contributed by atoms with Gasteiger partial charge in [-0.1, -0.05) is 44.2 Å². The van der Waals surface area contributed by atoms with Crippen molar-refractivity contribution >= 4 is 18.0 Å². The highest BCUT2D eigenvalue weighted by Crippen LogP contribution is 2.40. The maximum atomic E-state index is 12.9. The van der Waals surface area contributed by atoms with Crippen LogP contribution in [0.3, 0.4) is 0 Å². The Morgan fingerprint density at radius 1 is 1.19 bits per heavy atom. The van der Waals surface area contributed by atoms with Crippen molar-refractivity contribution in [1.82, 2.24) is 20.4 Å². The first-order chi connectivity index (χ1) is 14.8. The predicted molar refractivity (Wildman–Crippen MR) is 119 cm³/mol. The van der Waals surface area contributed by atoms with Crippen LogP contribution in [0.2, 0.25) is 0 Å². The molecular weight excluding hydrogens is 392 g/mol. The van der Waals surface area contributed by atoms with Crippen LogP contribution in [0.1, 0.15) is 57.9 Å². The molecule has 1 aromatic carbocycles. The zero-order valence-electron chi connectivity index (χ0n) is 18.8. The summed E-state index contributed by atoms with van der Waals surface area (Å²) < 4.78 is 0. The zero-order valence-corrected chi connectivity index (χ0v) is 18.8. The Kier molecular flexibility index (Phi) is 5.95. The number of benzene rings is 1. The van der Waals surface area contributed by atoms with E-state index in [1.165, 1.54) is 10.5 Å². The smallest absolute Gasteiger partial charge is 0.325 e. The van der Waals surface area contributed by atoms with Gasteiger partial charge in [-0.3, -0.25) is 9.69 Å². The van der Waals surface area contributed by atoms with Crippen molar-refractivity contribution in [2.24, 2.45) is 11.8 Å². The van der Waals surface area contributed by atoms with Crippen LogP contribution < -0.4 is 10.6 Å². The number of carbonyl (C=O) groups excluding carboxylic acids is 3. The first-order valence-corrected chi connectivity index (χ1v) is 11.5. The third-order valence-electron chi connectivity index (χ3n) is 6.83. The normalized spacial score (nSPS) is 28.8. The molecule has 0 bridgehead atoms. The van der Waals surface area contributed by atoms with Crippen molar-refractivity contribution in [2.75, 3.05) is 19.6 Å². The van der Waals surface area contributed by atoms with Gasteiger partial charge in [-0.25, -0.2) is 9.59 Å². The Bertz CT molecular complexity index is 834. The van der Waals surface area contributed by atoms with Crippen LogP contribution in [0.5, 0.6) is 0 Å². The highest BCUT2D eigenvalue weighted by molar-refractivity contribution is 6.06. The van der Waals surface area contributed by atoms with Crippen molar-refractivity contribution in [3.05, 3.63) is 35.9 Å². The molecule has 0 aromatic heterocycles. The Hall–Kier alpha value is -2.57. The largest absolute Gasteiger partial charge is 0.335 e. The third kappa shape index (κ3) is 4.70. The molecule has 2 heterocycles. The van der Waals surface area contributed by atoms with Gasteiger partial charge in [-0.2, -0.15) is 0 Å². The molecule has 1 saturated carbocycles. The molecule has 3 fully saturated rings. The maximum Gasteiger partial charge on any atom is 0.325 e. The van der Waals surface area contributed by atoms with Gasteiger partial charge in [-0.05, 0) is 50.0 Å². The fraction of sp³-hybridized carbons (Fsp3) is 0.625. The summed E-state index contributed by atoms with van der Waals surface area (Å²) in [5.74, 6) is 0.858. The average Bonchev–Trinajstić information content (AvgIpc) is 3.46. The highest BCUT2D eigenvalue weighted by Gasteiger charge is 2.48. The summed E-state index contributed by atoms with van der Waals surface area (Å²) in [5, 5.41) is 6.05. The minimum atomic E-state index is -0.800. The number of imide groups is 1.